The van der Waals surface area contributed by atoms with Crippen molar-refractivity contribution in [2.45, 2.75) is 25.9 Å². The Balaban J connectivity index is 2.47. The summed E-state index contributed by atoms with van der Waals surface area (Å²) in [6.07, 6.45) is 0.184. The monoisotopic (exact) mass is 291 g/mol. The minimum absolute atomic E-state index is 0.0587. The zero-order chi connectivity index (χ0) is 11.4. The molecule has 5 heteroatoms. The molecule has 0 spiro atoms. The van der Waals surface area contributed by atoms with E-state index >= 15 is 0 Å². The number of halogens is 1. The van der Waals surface area contributed by atoms with Gasteiger partial charge in [-0.15, -0.1) is 11.3 Å². The summed E-state index contributed by atoms with van der Waals surface area (Å²) in [5.41, 5.74) is 0. The van der Waals surface area contributed by atoms with E-state index in [4.69, 9.17) is 5.11 Å². The van der Waals surface area contributed by atoms with Gasteiger partial charge < -0.3 is 5.11 Å². The Kier molecular flexibility index (Phi) is 4.76. The maximum Gasteiger partial charge on any atom is 0.304 e. The first-order chi connectivity index (χ1) is 6.99. The molecule has 0 amide bonds. The molecule has 0 aromatic carbocycles. The normalized spacial score (nSPS) is 13.1. The second-order valence-electron chi connectivity index (χ2n) is 3.59. The maximum atomic E-state index is 10.5. The second-order valence-corrected chi connectivity index (χ2v) is 5.50. The lowest BCUT2D eigenvalue weighted by molar-refractivity contribution is -0.138. The first-order valence-corrected chi connectivity index (χ1v) is 6.31. The van der Waals surface area contributed by atoms with Crippen LogP contribution in [0.25, 0.3) is 0 Å². The highest BCUT2D eigenvalue weighted by Gasteiger charge is 2.13. The summed E-state index contributed by atoms with van der Waals surface area (Å²) in [7, 11) is 1.95. The van der Waals surface area contributed by atoms with Crippen molar-refractivity contribution in [2.24, 2.45) is 0 Å². The summed E-state index contributed by atoms with van der Waals surface area (Å²) >= 11 is 5.08. The molecule has 3 nitrogen and oxygen atoms in total. The van der Waals surface area contributed by atoms with Crippen LogP contribution in [-0.2, 0) is 11.3 Å². The predicted octanol–water partition coefficient (Wildman–Crippen LogP) is 2.81. The van der Waals surface area contributed by atoms with Crippen LogP contribution in [0.15, 0.2) is 15.9 Å². The van der Waals surface area contributed by atoms with Crippen molar-refractivity contribution >= 4 is 33.2 Å². The molecule has 1 N–H and O–H groups in total. The fourth-order valence-corrected chi connectivity index (χ4v) is 2.76. The van der Waals surface area contributed by atoms with E-state index in [1.807, 2.05) is 24.3 Å². The minimum atomic E-state index is -0.748. The number of aliphatic carboxylic acids is 1. The average molecular weight is 292 g/mol. The molecule has 1 atom stereocenters. The molecular weight excluding hydrogens is 278 g/mol. The van der Waals surface area contributed by atoms with Crippen molar-refractivity contribution in [3.8, 4) is 0 Å². The van der Waals surface area contributed by atoms with E-state index in [2.05, 4.69) is 22.0 Å². The lowest BCUT2D eigenvalue weighted by atomic mass is 10.2. The van der Waals surface area contributed by atoms with Gasteiger partial charge in [0.05, 0.1) is 6.42 Å². The SMILES string of the molecule is CC(CC(=O)O)N(C)Cc1cc(Br)cs1. The Morgan fingerprint density at radius 2 is 2.40 bits per heavy atom. The molecule has 0 bridgehead atoms. The van der Waals surface area contributed by atoms with Gasteiger partial charge in [0.1, 0.15) is 0 Å². The van der Waals surface area contributed by atoms with Gasteiger partial charge >= 0.3 is 5.97 Å². The van der Waals surface area contributed by atoms with Crippen LogP contribution >= 0.6 is 27.3 Å². The molecular formula is C10H14BrNO2S. The zero-order valence-corrected chi connectivity index (χ0v) is 11.1. The van der Waals surface area contributed by atoms with Crippen LogP contribution in [0, 0.1) is 0 Å². The van der Waals surface area contributed by atoms with Crippen LogP contribution in [0.5, 0.6) is 0 Å². The van der Waals surface area contributed by atoms with Crippen LogP contribution in [0.4, 0.5) is 0 Å². The Labute approximate surface area is 102 Å². The van der Waals surface area contributed by atoms with E-state index < -0.39 is 5.97 Å². The molecule has 1 unspecified atom stereocenters. The van der Waals surface area contributed by atoms with E-state index in [1.54, 1.807) is 11.3 Å². The van der Waals surface area contributed by atoms with Gasteiger partial charge in [-0.25, -0.2) is 0 Å². The fraction of sp³-hybridized carbons (Fsp3) is 0.500. The Bertz CT molecular complexity index is 340. The molecule has 1 aromatic heterocycles. The Hall–Kier alpha value is -0.390. The van der Waals surface area contributed by atoms with E-state index in [0.717, 1.165) is 11.0 Å². The number of rotatable bonds is 5. The second kappa shape index (κ2) is 5.63. The highest BCUT2D eigenvalue weighted by molar-refractivity contribution is 9.10. The summed E-state index contributed by atoms with van der Waals surface area (Å²) in [4.78, 5) is 13.8. The molecule has 0 aliphatic carbocycles. The molecule has 1 aromatic rings. The molecule has 1 rings (SSSR count). The molecule has 84 valence electrons. The van der Waals surface area contributed by atoms with E-state index in [-0.39, 0.29) is 12.5 Å². The van der Waals surface area contributed by atoms with E-state index in [9.17, 15) is 4.79 Å². The summed E-state index contributed by atoms with van der Waals surface area (Å²) in [5.74, 6) is -0.748. The quantitative estimate of drug-likeness (QED) is 0.907. The van der Waals surface area contributed by atoms with Crippen molar-refractivity contribution in [1.29, 1.82) is 0 Å². The molecule has 0 saturated heterocycles. The van der Waals surface area contributed by atoms with Crippen LogP contribution in [-0.4, -0.2) is 29.1 Å². The highest BCUT2D eigenvalue weighted by atomic mass is 79.9. The van der Waals surface area contributed by atoms with Crippen LogP contribution in [0.1, 0.15) is 18.2 Å². The third-order valence-corrected chi connectivity index (χ3v) is 3.93. The minimum Gasteiger partial charge on any atom is -0.481 e. The van der Waals surface area contributed by atoms with Gasteiger partial charge in [0, 0.05) is 27.3 Å². The summed E-state index contributed by atoms with van der Waals surface area (Å²) in [6.45, 7) is 2.72. The Morgan fingerprint density at radius 1 is 1.73 bits per heavy atom. The van der Waals surface area contributed by atoms with Gasteiger partial charge in [-0.3, -0.25) is 9.69 Å². The van der Waals surface area contributed by atoms with Gasteiger partial charge in [-0.1, -0.05) is 0 Å². The largest absolute Gasteiger partial charge is 0.481 e. The first kappa shape index (κ1) is 12.7. The number of carboxylic acid groups (broad SMARTS) is 1. The average Bonchev–Trinajstić information content (AvgIpc) is 2.50. The van der Waals surface area contributed by atoms with Crippen molar-refractivity contribution in [3.05, 3.63) is 20.8 Å². The van der Waals surface area contributed by atoms with Crippen molar-refractivity contribution in [2.75, 3.05) is 7.05 Å². The Morgan fingerprint density at radius 3 is 2.87 bits per heavy atom. The predicted molar refractivity (Wildman–Crippen MR) is 65.2 cm³/mol. The van der Waals surface area contributed by atoms with Gasteiger partial charge in [-0.05, 0) is 36.0 Å². The van der Waals surface area contributed by atoms with Gasteiger partial charge in [-0.2, -0.15) is 0 Å². The van der Waals surface area contributed by atoms with Crippen LogP contribution < -0.4 is 0 Å². The number of carbonyl (C=O) groups is 1. The van der Waals surface area contributed by atoms with E-state index in [1.165, 1.54) is 4.88 Å². The molecule has 15 heavy (non-hydrogen) atoms. The molecule has 0 aliphatic rings. The van der Waals surface area contributed by atoms with Crippen LogP contribution in [0.3, 0.4) is 0 Å². The molecule has 0 fully saturated rings. The van der Waals surface area contributed by atoms with E-state index in [0.29, 0.717) is 0 Å². The first-order valence-electron chi connectivity index (χ1n) is 4.64. The smallest absolute Gasteiger partial charge is 0.304 e. The maximum absolute atomic E-state index is 10.5. The number of thiophene rings is 1. The summed E-state index contributed by atoms with van der Waals surface area (Å²) in [6, 6.07) is 2.12. The molecule has 0 aliphatic heterocycles. The number of hydrogen-bond acceptors (Lipinski definition) is 3. The molecule has 1 heterocycles. The zero-order valence-electron chi connectivity index (χ0n) is 8.74. The number of carboxylic acids is 1. The molecule has 0 radical (unpaired) electrons. The lowest BCUT2D eigenvalue weighted by Crippen LogP contribution is -2.30. The van der Waals surface area contributed by atoms with Crippen LogP contribution in [0.2, 0.25) is 0 Å². The lowest BCUT2D eigenvalue weighted by Gasteiger charge is -2.22. The van der Waals surface area contributed by atoms with Crippen molar-refractivity contribution < 1.29 is 9.90 Å². The highest BCUT2D eigenvalue weighted by Crippen LogP contribution is 2.21. The van der Waals surface area contributed by atoms with Gasteiger partial charge in [0.2, 0.25) is 0 Å². The van der Waals surface area contributed by atoms with Crippen molar-refractivity contribution in [1.82, 2.24) is 4.90 Å². The topological polar surface area (TPSA) is 40.5 Å². The third kappa shape index (κ3) is 4.32. The van der Waals surface area contributed by atoms with Gasteiger partial charge in [0.15, 0.2) is 0 Å². The summed E-state index contributed by atoms with van der Waals surface area (Å²) in [5, 5.41) is 10.7. The number of hydrogen-bond donors (Lipinski definition) is 1. The molecule has 0 saturated carbocycles. The summed E-state index contributed by atoms with van der Waals surface area (Å²) < 4.78 is 1.08. The van der Waals surface area contributed by atoms with Crippen molar-refractivity contribution in [3.63, 3.8) is 0 Å². The third-order valence-electron chi connectivity index (χ3n) is 2.25. The van der Waals surface area contributed by atoms with Gasteiger partial charge in [0.25, 0.3) is 0 Å². The standard InChI is InChI=1S/C10H14BrNO2S/c1-7(3-10(13)14)12(2)5-9-4-8(11)6-15-9/h4,6-7H,3,5H2,1-2H3,(H,13,14). The fourth-order valence-electron chi connectivity index (χ4n) is 1.25. The number of nitrogens with zero attached hydrogens (tertiary/aromatic N) is 1.